The first-order valence-corrected chi connectivity index (χ1v) is 8.43. The predicted octanol–water partition coefficient (Wildman–Crippen LogP) is 4.70. The molecule has 4 heteroatoms. The van der Waals surface area contributed by atoms with Crippen LogP contribution in [0.15, 0.2) is 47.8 Å². The molecule has 110 valence electrons. The maximum Gasteiger partial charge on any atom is 0.229 e. The number of aromatic nitrogens is 1. The van der Waals surface area contributed by atoms with Crippen molar-refractivity contribution in [2.24, 2.45) is 5.92 Å². The standard InChI is InChI=1S/C18H16N2OS/c21-17(13-6-3-7-13)20-18-19-16(11-22-18)15-9-8-12-4-1-2-5-14(12)10-15/h1-2,4-5,8-11,13H,3,6-7H2,(H,19,20,21). The molecule has 0 spiro atoms. The second kappa shape index (κ2) is 5.54. The highest BCUT2D eigenvalue weighted by molar-refractivity contribution is 7.14. The Kier molecular flexibility index (Phi) is 3.39. The van der Waals surface area contributed by atoms with E-state index in [1.165, 1.54) is 22.1 Å². The van der Waals surface area contributed by atoms with E-state index in [-0.39, 0.29) is 11.8 Å². The van der Waals surface area contributed by atoms with Gasteiger partial charge in [-0.15, -0.1) is 11.3 Å². The van der Waals surface area contributed by atoms with Crippen LogP contribution in [0.25, 0.3) is 22.0 Å². The zero-order valence-electron chi connectivity index (χ0n) is 12.1. The third-order valence-corrected chi connectivity index (χ3v) is 5.01. The van der Waals surface area contributed by atoms with Crippen LogP contribution >= 0.6 is 11.3 Å². The lowest BCUT2D eigenvalue weighted by Gasteiger charge is -2.23. The number of thiazole rings is 1. The van der Waals surface area contributed by atoms with E-state index in [9.17, 15) is 4.79 Å². The summed E-state index contributed by atoms with van der Waals surface area (Å²) in [5.74, 6) is 0.304. The van der Waals surface area contributed by atoms with E-state index >= 15 is 0 Å². The first-order chi connectivity index (χ1) is 10.8. The molecule has 1 aliphatic rings. The van der Waals surface area contributed by atoms with Gasteiger partial charge in [-0.1, -0.05) is 42.8 Å². The molecule has 22 heavy (non-hydrogen) atoms. The van der Waals surface area contributed by atoms with Crippen molar-refractivity contribution in [3.05, 3.63) is 47.8 Å². The fraction of sp³-hybridized carbons (Fsp3) is 0.222. The molecule has 1 fully saturated rings. The van der Waals surface area contributed by atoms with Crippen molar-refractivity contribution in [1.29, 1.82) is 0 Å². The first kappa shape index (κ1) is 13.5. The third-order valence-electron chi connectivity index (χ3n) is 4.26. The molecule has 3 nitrogen and oxygen atoms in total. The number of amides is 1. The van der Waals surface area contributed by atoms with Gasteiger partial charge in [0.15, 0.2) is 5.13 Å². The monoisotopic (exact) mass is 308 g/mol. The molecule has 0 atom stereocenters. The molecule has 1 N–H and O–H groups in total. The van der Waals surface area contributed by atoms with Crippen molar-refractivity contribution < 1.29 is 4.79 Å². The zero-order valence-corrected chi connectivity index (χ0v) is 12.9. The molecule has 4 rings (SSSR count). The van der Waals surface area contributed by atoms with E-state index in [0.717, 1.165) is 30.5 Å². The van der Waals surface area contributed by atoms with Crippen LogP contribution in [0.4, 0.5) is 5.13 Å². The number of benzene rings is 2. The van der Waals surface area contributed by atoms with E-state index in [2.05, 4.69) is 40.6 Å². The Labute approximate surface area is 133 Å². The lowest BCUT2D eigenvalue weighted by atomic mass is 9.85. The van der Waals surface area contributed by atoms with Crippen molar-refractivity contribution >= 4 is 33.1 Å². The highest BCUT2D eigenvalue weighted by Gasteiger charge is 2.25. The van der Waals surface area contributed by atoms with E-state index in [0.29, 0.717) is 5.13 Å². The number of carbonyl (C=O) groups is 1. The van der Waals surface area contributed by atoms with Crippen molar-refractivity contribution in [3.63, 3.8) is 0 Å². The molecule has 1 aromatic heterocycles. The van der Waals surface area contributed by atoms with Crippen LogP contribution in [-0.2, 0) is 4.79 Å². The summed E-state index contributed by atoms with van der Waals surface area (Å²) in [6.45, 7) is 0. The lowest BCUT2D eigenvalue weighted by molar-refractivity contribution is -0.122. The number of fused-ring (bicyclic) bond motifs is 1. The van der Waals surface area contributed by atoms with Gasteiger partial charge in [0, 0.05) is 16.9 Å². The average Bonchev–Trinajstić information content (AvgIpc) is 2.93. The number of anilines is 1. The molecule has 1 saturated carbocycles. The van der Waals surface area contributed by atoms with Gasteiger partial charge in [-0.3, -0.25) is 4.79 Å². The van der Waals surface area contributed by atoms with Crippen LogP contribution < -0.4 is 5.32 Å². The van der Waals surface area contributed by atoms with Crippen LogP contribution in [0.3, 0.4) is 0 Å². The van der Waals surface area contributed by atoms with Gasteiger partial charge in [-0.25, -0.2) is 4.98 Å². The van der Waals surface area contributed by atoms with Crippen LogP contribution in [0.1, 0.15) is 19.3 Å². The Balaban J connectivity index is 1.57. The van der Waals surface area contributed by atoms with E-state index < -0.39 is 0 Å². The van der Waals surface area contributed by atoms with Gasteiger partial charge in [0.2, 0.25) is 5.91 Å². The molecule has 1 aliphatic carbocycles. The van der Waals surface area contributed by atoms with Gasteiger partial charge in [-0.05, 0) is 29.7 Å². The summed E-state index contributed by atoms with van der Waals surface area (Å²) in [4.78, 5) is 16.5. The maximum atomic E-state index is 12.0. The molecule has 3 aromatic rings. The highest BCUT2D eigenvalue weighted by atomic mass is 32.1. The first-order valence-electron chi connectivity index (χ1n) is 7.55. The van der Waals surface area contributed by atoms with Gasteiger partial charge >= 0.3 is 0 Å². The smallest absolute Gasteiger partial charge is 0.229 e. The number of carbonyl (C=O) groups excluding carboxylic acids is 1. The van der Waals surface area contributed by atoms with Gasteiger partial charge in [-0.2, -0.15) is 0 Å². The van der Waals surface area contributed by atoms with Gasteiger partial charge in [0.05, 0.1) is 5.69 Å². The normalized spacial score (nSPS) is 14.7. The number of rotatable bonds is 3. The SMILES string of the molecule is O=C(Nc1nc(-c2ccc3ccccc3c2)cs1)C1CCC1. The van der Waals surface area contributed by atoms with Crippen LogP contribution in [0.2, 0.25) is 0 Å². The summed E-state index contributed by atoms with van der Waals surface area (Å²) in [5, 5.41) is 8.06. The quantitative estimate of drug-likeness (QED) is 0.762. The maximum absolute atomic E-state index is 12.0. The Hall–Kier alpha value is -2.20. The van der Waals surface area contributed by atoms with Crippen LogP contribution in [-0.4, -0.2) is 10.9 Å². The second-order valence-corrected chi connectivity index (χ2v) is 6.58. The molecule has 0 saturated heterocycles. The summed E-state index contributed by atoms with van der Waals surface area (Å²) in [7, 11) is 0. The largest absolute Gasteiger partial charge is 0.302 e. The van der Waals surface area contributed by atoms with Gasteiger partial charge in [0.1, 0.15) is 0 Å². The number of hydrogen-bond donors (Lipinski definition) is 1. The minimum Gasteiger partial charge on any atom is -0.302 e. The molecule has 1 amide bonds. The summed E-state index contributed by atoms with van der Waals surface area (Å²) in [5.41, 5.74) is 2.00. The van der Waals surface area contributed by atoms with Crippen molar-refractivity contribution in [2.45, 2.75) is 19.3 Å². The molecular formula is C18H16N2OS. The Morgan fingerprint density at radius 1 is 1.14 bits per heavy atom. The molecule has 0 aliphatic heterocycles. The van der Waals surface area contributed by atoms with Gasteiger partial charge < -0.3 is 5.32 Å². The predicted molar refractivity (Wildman–Crippen MR) is 91.0 cm³/mol. The summed E-state index contributed by atoms with van der Waals surface area (Å²) in [6, 6.07) is 14.6. The van der Waals surface area contributed by atoms with E-state index in [1.807, 2.05) is 17.5 Å². The number of nitrogens with zero attached hydrogens (tertiary/aromatic N) is 1. The van der Waals surface area contributed by atoms with Crippen molar-refractivity contribution in [3.8, 4) is 11.3 Å². The molecule has 0 unspecified atom stereocenters. The highest BCUT2D eigenvalue weighted by Crippen LogP contribution is 2.30. The molecular weight excluding hydrogens is 292 g/mol. The van der Waals surface area contributed by atoms with E-state index in [4.69, 9.17) is 0 Å². The van der Waals surface area contributed by atoms with Crippen LogP contribution in [0, 0.1) is 5.92 Å². The summed E-state index contributed by atoms with van der Waals surface area (Å²) in [6.07, 6.45) is 3.18. The number of nitrogens with one attached hydrogen (secondary N) is 1. The van der Waals surface area contributed by atoms with Crippen molar-refractivity contribution in [2.75, 3.05) is 5.32 Å². The number of hydrogen-bond acceptors (Lipinski definition) is 3. The second-order valence-electron chi connectivity index (χ2n) is 5.72. The molecule has 0 bridgehead atoms. The van der Waals surface area contributed by atoms with Gasteiger partial charge in [0.25, 0.3) is 0 Å². The molecule has 0 radical (unpaired) electrons. The molecule has 1 heterocycles. The summed E-state index contributed by atoms with van der Waals surface area (Å²) < 4.78 is 0. The fourth-order valence-electron chi connectivity index (χ4n) is 2.69. The minimum atomic E-state index is 0.116. The lowest BCUT2D eigenvalue weighted by Crippen LogP contribution is -2.27. The third kappa shape index (κ3) is 2.50. The fourth-order valence-corrected chi connectivity index (χ4v) is 3.41. The Bertz CT molecular complexity index is 836. The zero-order chi connectivity index (χ0) is 14.9. The Morgan fingerprint density at radius 2 is 1.95 bits per heavy atom. The molecule has 2 aromatic carbocycles. The van der Waals surface area contributed by atoms with E-state index in [1.54, 1.807) is 0 Å². The summed E-state index contributed by atoms with van der Waals surface area (Å²) >= 11 is 1.49. The van der Waals surface area contributed by atoms with Crippen LogP contribution in [0.5, 0.6) is 0 Å². The Morgan fingerprint density at radius 3 is 2.73 bits per heavy atom. The average molecular weight is 308 g/mol. The minimum absolute atomic E-state index is 0.116. The van der Waals surface area contributed by atoms with Crippen molar-refractivity contribution in [1.82, 2.24) is 4.98 Å². The topological polar surface area (TPSA) is 42.0 Å².